The van der Waals surface area contributed by atoms with E-state index in [0.717, 1.165) is 57.8 Å². The van der Waals surface area contributed by atoms with Crippen molar-refractivity contribution in [1.29, 1.82) is 0 Å². The number of rotatable bonds is 12. The van der Waals surface area contributed by atoms with Crippen LogP contribution in [0.2, 0.25) is 0 Å². The monoisotopic (exact) mass is 726 g/mol. The van der Waals surface area contributed by atoms with Gasteiger partial charge in [-0.1, -0.05) is 40.5 Å². The van der Waals surface area contributed by atoms with Crippen molar-refractivity contribution in [2.24, 2.45) is 52.3 Å². The first-order valence-electron chi connectivity index (χ1n) is 15.1. The van der Waals surface area contributed by atoms with Crippen molar-refractivity contribution in [3.05, 3.63) is 0 Å². The molecule has 0 N–H and O–H groups in total. The van der Waals surface area contributed by atoms with Crippen LogP contribution in [0.5, 0.6) is 0 Å². The summed E-state index contributed by atoms with van der Waals surface area (Å²) in [6, 6.07) is 0. The zero-order valence-corrected chi connectivity index (χ0v) is 36.3. The van der Waals surface area contributed by atoms with Crippen molar-refractivity contribution in [1.82, 2.24) is 0 Å². The van der Waals surface area contributed by atoms with Gasteiger partial charge in [0, 0.05) is 0 Å². The summed E-state index contributed by atoms with van der Waals surface area (Å²) in [5.74, 6) is 2.16. The second-order valence-electron chi connectivity index (χ2n) is 14.1. The molecule has 4 fully saturated rings. The van der Waals surface area contributed by atoms with Crippen LogP contribution in [-0.2, 0) is 43.7 Å². The summed E-state index contributed by atoms with van der Waals surface area (Å²) >= 11 is 0. The summed E-state index contributed by atoms with van der Waals surface area (Å²) < 4.78 is 115. The molecule has 0 bridgehead atoms. The van der Waals surface area contributed by atoms with Gasteiger partial charge in [-0.3, -0.25) is 12.5 Å². The Kier molecular flexibility index (Phi) is 17.7. The third kappa shape index (κ3) is 11.6. The minimum absolute atomic E-state index is 0. The fraction of sp³-hybridized carbons (Fsp3) is 1.00. The smallest absolute Gasteiger partial charge is 0.726 e. The van der Waals surface area contributed by atoms with Gasteiger partial charge in [-0.15, -0.1) is 0 Å². The molecule has 11 atom stereocenters. The molecule has 1 unspecified atom stereocenters. The summed E-state index contributed by atoms with van der Waals surface area (Å²) in [6.45, 7) is 8.58. The van der Waals surface area contributed by atoms with Crippen LogP contribution in [0.15, 0.2) is 0 Å². The van der Waals surface area contributed by atoms with E-state index < -0.39 is 43.4 Å². The van der Waals surface area contributed by atoms with E-state index in [-0.39, 0.29) is 137 Å². The van der Waals surface area contributed by atoms with Crippen LogP contribution in [0.1, 0.15) is 98.3 Å². The minimum Gasteiger partial charge on any atom is -0.726 e. The zero-order chi connectivity index (χ0) is 31.3. The molecule has 0 aliphatic heterocycles. The van der Waals surface area contributed by atoms with Crippen molar-refractivity contribution >= 4 is 31.2 Å². The summed E-state index contributed by atoms with van der Waals surface area (Å²) in [6.07, 6.45) is 6.29. The van der Waals surface area contributed by atoms with Gasteiger partial charge in [-0.05, 0) is 110 Å². The van der Waals surface area contributed by atoms with E-state index in [4.69, 9.17) is 8.37 Å². The standard InChI is InChI=1S/C27H48O12S3.3Na/c1-17(16-37-40(28,29)30)6-5-7-18(2)21-10-11-22-20-9-8-19-14-24(38-41(31,32)33)25(39-42(34,35)36)15-27(19,4)23(20)12-13-26(21,22)3;;;/h17-25H,5-16H2,1-4H3,(H,28,29,30)(H,31,32,33)(H,34,35,36);;;/q;3*+1/p-3/t17?,18-,19+,20+,21-,22+,23+,24+,25+,26-,27+;;;/m1.../s1. The van der Waals surface area contributed by atoms with Crippen LogP contribution in [-0.4, -0.2) is 57.7 Å². The third-order valence-corrected chi connectivity index (χ3v) is 13.1. The van der Waals surface area contributed by atoms with Crippen LogP contribution >= 0.6 is 0 Å². The number of hydrogen-bond acceptors (Lipinski definition) is 12. The van der Waals surface area contributed by atoms with Crippen LogP contribution in [0.4, 0.5) is 0 Å². The number of hydrogen-bond donors (Lipinski definition) is 0. The average molecular weight is 727 g/mol. The molecule has 4 aliphatic rings. The first-order valence-corrected chi connectivity index (χ1v) is 19.1. The number of fused-ring (bicyclic) bond motifs is 5. The molecule has 18 heteroatoms. The van der Waals surface area contributed by atoms with E-state index in [1.165, 1.54) is 0 Å². The molecule has 12 nitrogen and oxygen atoms in total. The Labute approximate surface area is 336 Å². The second-order valence-corrected chi connectivity index (χ2v) is 17.2. The molecule has 0 heterocycles. The van der Waals surface area contributed by atoms with E-state index >= 15 is 0 Å². The van der Waals surface area contributed by atoms with Gasteiger partial charge < -0.3 is 13.7 Å². The molecule has 0 spiro atoms. The maximum atomic E-state index is 11.5. The molecule has 4 rings (SSSR count). The Hall–Kier alpha value is 2.61. The van der Waals surface area contributed by atoms with Crippen molar-refractivity contribution in [3.63, 3.8) is 0 Å². The predicted molar refractivity (Wildman–Crippen MR) is 148 cm³/mol. The van der Waals surface area contributed by atoms with Gasteiger partial charge in [0.25, 0.3) is 0 Å². The van der Waals surface area contributed by atoms with Crippen LogP contribution in [0, 0.1) is 52.3 Å². The van der Waals surface area contributed by atoms with Gasteiger partial charge in [0.05, 0.1) is 6.61 Å². The van der Waals surface area contributed by atoms with Gasteiger partial charge in [0.2, 0.25) is 31.2 Å². The van der Waals surface area contributed by atoms with Crippen molar-refractivity contribution in [2.75, 3.05) is 6.61 Å². The molecule has 246 valence electrons. The Bertz CT molecular complexity index is 1300. The minimum atomic E-state index is -5.14. The fourth-order valence-electron chi connectivity index (χ4n) is 9.98. The molecular weight excluding hydrogens is 681 g/mol. The van der Waals surface area contributed by atoms with E-state index in [9.17, 15) is 38.9 Å². The Morgan fingerprint density at radius 1 is 0.733 bits per heavy atom. The molecule has 0 saturated heterocycles. The molecule has 0 amide bonds. The predicted octanol–water partition coefficient (Wildman–Crippen LogP) is -5.12. The summed E-state index contributed by atoms with van der Waals surface area (Å²) in [5.41, 5.74) is -0.230. The van der Waals surface area contributed by atoms with Gasteiger partial charge >= 0.3 is 88.7 Å². The Morgan fingerprint density at radius 3 is 1.89 bits per heavy atom. The first kappa shape index (κ1) is 45.6. The van der Waals surface area contributed by atoms with Gasteiger partial charge in [0.15, 0.2) is 0 Å². The van der Waals surface area contributed by atoms with E-state index in [1.807, 2.05) is 6.92 Å². The zero-order valence-electron chi connectivity index (χ0n) is 27.8. The molecule has 4 saturated carbocycles. The van der Waals surface area contributed by atoms with Crippen LogP contribution < -0.4 is 88.7 Å². The Morgan fingerprint density at radius 2 is 1.31 bits per heavy atom. The molecular formula is C27H45Na3O12S3. The third-order valence-electron chi connectivity index (χ3n) is 11.7. The summed E-state index contributed by atoms with van der Waals surface area (Å²) in [4.78, 5) is 0. The van der Waals surface area contributed by atoms with E-state index in [1.54, 1.807) is 0 Å². The van der Waals surface area contributed by atoms with E-state index in [2.05, 4.69) is 25.0 Å². The molecule has 0 aromatic rings. The normalized spacial score (nSPS) is 37.8. The SMILES string of the molecule is CC(CCC[C@@H](C)[C@H]1CC[C@H]2[C@@H]3CC[C@H]4C[C@H](OS(=O)(=O)[O-])[C@@H](OS(=O)(=O)[O-])C[C@]4(C)[C@H]3CC[C@]12C)COS(=O)(=O)[O-].[Na+].[Na+].[Na+]. The molecule has 0 aromatic heterocycles. The van der Waals surface area contributed by atoms with Crippen molar-refractivity contribution in [3.8, 4) is 0 Å². The average Bonchev–Trinajstić information content (AvgIpc) is 3.18. The van der Waals surface area contributed by atoms with Crippen molar-refractivity contribution < 1.29 is 140 Å². The summed E-state index contributed by atoms with van der Waals surface area (Å²) in [7, 11) is -14.9. The van der Waals surface area contributed by atoms with Crippen LogP contribution in [0.3, 0.4) is 0 Å². The van der Waals surface area contributed by atoms with Gasteiger partial charge in [0.1, 0.15) is 12.2 Å². The van der Waals surface area contributed by atoms with Crippen LogP contribution in [0.25, 0.3) is 0 Å². The maximum absolute atomic E-state index is 11.5. The molecule has 0 radical (unpaired) electrons. The molecule has 45 heavy (non-hydrogen) atoms. The first-order chi connectivity index (χ1) is 19.2. The Balaban J connectivity index is 0.00000337. The summed E-state index contributed by atoms with van der Waals surface area (Å²) in [5, 5.41) is 0. The molecule has 0 aromatic carbocycles. The van der Waals surface area contributed by atoms with Gasteiger partial charge in [-0.25, -0.2) is 25.3 Å². The largest absolute Gasteiger partial charge is 1.00 e. The van der Waals surface area contributed by atoms with Gasteiger partial charge in [-0.2, -0.15) is 0 Å². The topological polar surface area (TPSA) is 199 Å². The maximum Gasteiger partial charge on any atom is 1.00 e. The fourth-order valence-corrected chi connectivity index (χ4v) is 11.4. The van der Waals surface area contributed by atoms with E-state index in [0.29, 0.717) is 23.7 Å². The quantitative estimate of drug-likeness (QED) is 0.106. The molecule has 4 aliphatic carbocycles. The second kappa shape index (κ2) is 17.4. The van der Waals surface area contributed by atoms with Crippen molar-refractivity contribution in [2.45, 2.75) is 111 Å².